The first-order chi connectivity index (χ1) is 7.43. The zero-order valence-corrected chi connectivity index (χ0v) is 9.86. The van der Waals surface area contributed by atoms with Crippen LogP contribution in [0.4, 0.5) is 5.82 Å². The molecule has 0 aliphatic rings. The number of hydrogen-bond donors (Lipinski definition) is 2. The zero-order valence-electron chi connectivity index (χ0n) is 9.86. The molecule has 1 rings (SSSR count). The molecule has 0 aliphatic carbocycles. The fourth-order valence-corrected chi connectivity index (χ4v) is 1.07. The summed E-state index contributed by atoms with van der Waals surface area (Å²) in [6.07, 6.45) is 1.07. The van der Waals surface area contributed by atoms with Crippen LogP contribution in [-0.2, 0) is 0 Å². The number of nitriles is 1. The molecule has 0 spiro atoms. The van der Waals surface area contributed by atoms with Gasteiger partial charge >= 0.3 is 0 Å². The summed E-state index contributed by atoms with van der Waals surface area (Å²) in [7, 11) is 0. The minimum absolute atomic E-state index is 0.153. The minimum atomic E-state index is -0.440. The molecular weight excluding hydrogens is 202 g/mol. The fourth-order valence-electron chi connectivity index (χ4n) is 1.07. The van der Waals surface area contributed by atoms with Crippen molar-refractivity contribution in [2.75, 3.05) is 11.9 Å². The predicted molar refractivity (Wildman–Crippen MR) is 62.9 cm³/mol. The smallest absolute Gasteiger partial charge is 0.126 e. The van der Waals surface area contributed by atoms with Gasteiger partial charge < -0.3 is 10.4 Å². The van der Waals surface area contributed by atoms with Gasteiger partial charge in [0, 0.05) is 12.7 Å². The van der Waals surface area contributed by atoms with Crippen LogP contribution in [0.5, 0.6) is 0 Å². The van der Waals surface area contributed by atoms with E-state index in [-0.39, 0.29) is 5.41 Å². The van der Waals surface area contributed by atoms with Crippen molar-refractivity contribution in [3.05, 3.63) is 23.9 Å². The molecule has 0 bridgehead atoms. The molecule has 0 unspecified atom stereocenters. The number of hydrogen-bond acceptors (Lipinski definition) is 4. The molecular formula is C12H17N3O. The van der Waals surface area contributed by atoms with Crippen LogP contribution in [0.3, 0.4) is 0 Å². The Morgan fingerprint density at radius 1 is 1.50 bits per heavy atom. The SMILES string of the molecule is CC(C)(C)[C@H](O)CNc1ccc(C#N)cn1. The lowest BCUT2D eigenvalue weighted by Gasteiger charge is -2.26. The number of anilines is 1. The summed E-state index contributed by atoms with van der Waals surface area (Å²) in [5.74, 6) is 0.669. The first-order valence-corrected chi connectivity index (χ1v) is 5.21. The molecule has 0 aromatic carbocycles. The summed E-state index contributed by atoms with van der Waals surface area (Å²) in [6, 6.07) is 5.43. The summed E-state index contributed by atoms with van der Waals surface area (Å²) < 4.78 is 0. The maximum Gasteiger partial charge on any atom is 0.126 e. The third-order valence-corrected chi connectivity index (χ3v) is 2.37. The second-order valence-corrected chi connectivity index (χ2v) is 4.81. The van der Waals surface area contributed by atoms with E-state index in [1.807, 2.05) is 26.8 Å². The third-order valence-electron chi connectivity index (χ3n) is 2.37. The van der Waals surface area contributed by atoms with E-state index >= 15 is 0 Å². The van der Waals surface area contributed by atoms with Crippen LogP contribution in [-0.4, -0.2) is 22.7 Å². The number of rotatable bonds is 3. The Kier molecular flexibility index (Phi) is 3.86. The summed E-state index contributed by atoms with van der Waals surface area (Å²) >= 11 is 0. The van der Waals surface area contributed by atoms with E-state index in [0.29, 0.717) is 17.9 Å². The standard InChI is InChI=1S/C12H17N3O/c1-12(2,3)10(16)8-15-11-5-4-9(6-13)7-14-11/h4-5,7,10,16H,8H2,1-3H3,(H,14,15)/t10-/m1/s1. The zero-order chi connectivity index (χ0) is 12.2. The molecule has 16 heavy (non-hydrogen) atoms. The van der Waals surface area contributed by atoms with Crippen LogP contribution in [0.15, 0.2) is 18.3 Å². The van der Waals surface area contributed by atoms with Crippen molar-refractivity contribution in [1.82, 2.24) is 4.98 Å². The quantitative estimate of drug-likeness (QED) is 0.813. The molecule has 4 nitrogen and oxygen atoms in total. The van der Waals surface area contributed by atoms with Gasteiger partial charge in [-0.1, -0.05) is 20.8 Å². The Labute approximate surface area is 95.9 Å². The van der Waals surface area contributed by atoms with E-state index in [1.165, 1.54) is 6.20 Å². The molecule has 0 fully saturated rings. The van der Waals surface area contributed by atoms with E-state index < -0.39 is 6.10 Å². The summed E-state index contributed by atoms with van der Waals surface area (Å²) in [4.78, 5) is 4.06. The molecule has 2 N–H and O–H groups in total. The maximum absolute atomic E-state index is 9.81. The van der Waals surface area contributed by atoms with Gasteiger partial charge in [0.05, 0.1) is 11.7 Å². The highest BCUT2D eigenvalue weighted by atomic mass is 16.3. The van der Waals surface area contributed by atoms with Crippen molar-refractivity contribution in [2.24, 2.45) is 5.41 Å². The number of nitrogens with one attached hydrogen (secondary N) is 1. The summed E-state index contributed by atoms with van der Waals surface area (Å²) in [5, 5.41) is 21.4. The molecule has 0 radical (unpaired) electrons. The van der Waals surface area contributed by atoms with Gasteiger partial charge in [-0.05, 0) is 17.5 Å². The van der Waals surface area contributed by atoms with Crippen LogP contribution >= 0.6 is 0 Å². The van der Waals surface area contributed by atoms with Gasteiger partial charge in [-0.3, -0.25) is 0 Å². The van der Waals surface area contributed by atoms with Gasteiger partial charge in [0.2, 0.25) is 0 Å². The fraction of sp³-hybridized carbons (Fsp3) is 0.500. The Morgan fingerprint density at radius 3 is 2.62 bits per heavy atom. The highest BCUT2D eigenvalue weighted by Gasteiger charge is 2.21. The van der Waals surface area contributed by atoms with Gasteiger partial charge in [-0.2, -0.15) is 5.26 Å². The van der Waals surface area contributed by atoms with E-state index in [1.54, 1.807) is 12.1 Å². The van der Waals surface area contributed by atoms with Crippen LogP contribution < -0.4 is 5.32 Å². The number of nitrogens with zero attached hydrogens (tertiary/aromatic N) is 2. The van der Waals surface area contributed by atoms with E-state index in [0.717, 1.165) is 0 Å². The highest BCUT2D eigenvalue weighted by molar-refractivity contribution is 5.38. The molecule has 0 aliphatic heterocycles. The topological polar surface area (TPSA) is 68.9 Å². The molecule has 1 aromatic heterocycles. The van der Waals surface area contributed by atoms with Crippen molar-refractivity contribution in [3.8, 4) is 6.07 Å². The average molecular weight is 219 g/mol. The van der Waals surface area contributed by atoms with Crippen LogP contribution in [0, 0.1) is 16.7 Å². The molecule has 0 amide bonds. The lowest BCUT2D eigenvalue weighted by atomic mass is 9.89. The number of aliphatic hydroxyl groups is 1. The van der Waals surface area contributed by atoms with Crippen molar-refractivity contribution in [1.29, 1.82) is 5.26 Å². The van der Waals surface area contributed by atoms with Crippen LogP contribution in [0.25, 0.3) is 0 Å². The highest BCUT2D eigenvalue weighted by Crippen LogP contribution is 2.19. The predicted octanol–water partition coefficient (Wildman–Crippen LogP) is 1.77. The molecule has 0 saturated heterocycles. The van der Waals surface area contributed by atoms with E-state index in [4.69, 9.17) is 5.26 Å². The number of aliphatic hydroxyl groups excluding tert-OH is 1. The van der Waals surface area contributed by atoms with E-state index in [9.17, 15) is 5.11 Å². The van der Waals surface area contributed by atoms with Crippen molar-refractivity contribution in [2.45, 2.75) is 26.9 Å². The second-order valence-electron chi connectivity index (χ2n) is 4.81. The average Bonchev–Trinajstić information content (AvgIpc) is 2.25. The van der Waals surface area contributed by atoms with Gasteiger partial charge in [0.1, 0.15) is 11.9 Å². The second kappa shape index (κ2) is 4.95. The third kappa shape index (κ3) is 3.52. The Balaban J connectivity index is 2.53. The Bertz CT molecular complexity index is 373. The van der Waals surface area contributed by atoms with Crippen molar-refractivity contribution in [3.63, 3.8) is 0 Å². The summed E-state index contributed by atoms with van der Waals surface area (Å²) in [5.41, 5.74) is 0.376. The number of pyridine rings is 1. The van der Waals surface area contributed by atoms with Gasteiger partial charge in [0.15, 0.2) is 0 Å². The van der Waals surface area contributed by atoms with Crippen LogP contribution in [0.2, 0.25) is 0 Å². The monoisotopic (exact) mass is 219 g/mol. The summed E-state index contributed by atoms with van der Waals surface area (Å²) in [6.45, 7) is 6.38. The molecule has 86 valence electrons. The number of aromatic nitrogens is 1. The molecule has 4 heteroatoms. The molecule has 0 saturated carbocycles. The minimum Gasteiger partial charge on any atom is -0.391 e. The molecule has 1 aromatic rings. The maximum atomic E-state index is 9.81. The van der Waals surface area contributed by atoms with Crippen molar-refractivity contribution >= 4 is 5.82 Å². The van der Waals surface area contributed by atoms with E-state index in [2.05, 4.69) is 10.3 Å². The lowest BCUT2D eigenvalue weighted by molar-refractivity contribution is 0.0745. The largest absolute Gasteiger partial charge is 0.391 e. The normalized spacial score (nSPS) is 12.9. The van der Waals surface area contributed by atoms with Crippen LogP contribution in [0.1, 0.15) is 26.3 Å². The van der Waals surface area contributed by atoms with Gasteiger partial charge in [0.25, 0.3) is 0 Å². The molecule has 1 atom stereocenters. The molecule has 1 heterocycles. The van der Waals surface area contributed by atoms with Crippen molar-refractivity contribution < 1.29 is 5.11 Å². The van der Waals surface area contributed by atoms with Gasteiger partial charge in [-0.15, -0.1) is 0 Å². The first kappa shape index (κ1) is 12.5. The van der Waals surface area contributed by atoms with Gasteiger partial charge in [-0.25, -0.2) is 4.98 Å². The Hall–Kier alpha value is -1.60. The first-order valence-electron chi connectivity index (χ1n) is 5.21. The lowest BCUT2D eigenvalue weighted by Crippen LogP contribution is -2.33. The Morgan fingerprint density at radius 2 is 2.19 bits per heavy atom.